The Bertz CT molecular complexity index is 1170. The fourth-order valence-corrected chi connectivity index (χ4v) is 4.09. The third-order valence-corrected chi connectivity index (χ3v) is 6.35. The molecule has 1 aliphatic rings. The second-order valence-electron chi connectivity index (χ2n) is 8.11. The van der Waals surface area contributed by atoms with Gasteiger partial charge in [-0.2, -0.15) is 0 Å². The minimum atomic E-state index is -0.323. The first-order valence-corrected chi connectivity index (χ1v) is 11.3. The van der Waals surface area contributed by atoms with Gasteiger partial charge in [0, 0.05) is 34.7 Å². The summed E-state index contributed by atoms with van der Waals surface area (Å²) in [5.74, 6) is 1.78. The van der Waals surface area contributed by atoms with Crippen LogP contribution in [0.1, 0.15) is 31.9 Å². The molecule has 2 heterocycles. The fraction of sp³-hybridized carbons (Fsp3) is 0.375. The van der Waals surface area contributed by atoms with Crippen molar-refractivity contribution in [3.63, 3.8) is 0 Å². The van der Waals surface area contributed by atoms with Crippen LogP contribution in [0.5, 0.6) is 11.5 Å². The van der Waals surface area contributed by atoms with Gasteiger partial charge in [0.2, 0.25) is 5.91 Å². The molecule has 2 N–H and O–H groups in total. The van der Waals surface area contributed by atoms with E-state index in [-0.39, 0.29) is 18.0 Å². The number of anilines is 2. The molecule has 0 saturated heterocycles. The predicted octanol–water partition coefficient (Wildman–Crippen LogP) is 4.32. The molecule has 0 radical (unpaired) electrons. The van der Waals surface area contributed by atoms with Crippen LogP contribution in [0.15, 0.2) is 36.7 Å². The van der Waals surface area contributed by atoms with E-state index in [9.17, 15) is 4.79 Å². The van der Waals surface area contributed by atoms with Crippen molar-refractivity contribution in [1.82, 2.24) is 20.2 Å². The van der Waals surface area contributed by atoms with E-state index < -0.39 is 0 Å². The molecule has 9 heteroatoms. The number of fused-ring (bicyclic) bond motifs is 2. The zero-order valence-corrected chi connectivity index (χ0v) is 19.9. The SMILES string of the molecule is COc1cc2ncnc3c2cc1OCCCNC(=O)[C@H](C)N(C)C(C)c1ccc(Cl)cc1N3. The quantitative estimate of drug-likeness (QED) is 0.548. The Morgan fingerprint density at radius 3 is 2.79 bits per heavy atom. The van der Waals surface area contributed by atoms with Gasteiger partial charge in [0.05, 0.1) is 25.3 Å². The average Bonchev–Trinajstić information content (AvgIpc) is 2.81. The number of nitrogens with zero attached hydrogens (tertiary/aromatic N) is 3. The van der Waals surface area contributed by atoms with Gasteiger partial charge in [0.1, 0.15) is 12.1 Å². The number of rotatable bonds is 1. The molecule has 0 aliphatic carbocycles. The standard InChI is InChI=1S/C24H28ClN5O3/c1-14-17-7-6-16(25)10-20(17)29-23-18-11-22(21(32-4)12-19(18)27-13-28-23)33-9-5-8-26-24(31)15(2)30(14)3/h6-7,10-15H,5,8-9H2,1-4H3,(H,26,31)(H,27,28,29)/t14?,15-/m0/s1. The number of aromatic nitrogens is 2. The molecule has 2 atom stereocenters. The summed E-state index contributed by atoms with van der Waals surface area (Å²) in [6, 6.07) is 9.01. The van der Waals surface area contributed by atoms with Crippen LogP contribution in [0.2, 0.25) is 5.02 Å². The lowest BCUT2D eigenvalue weighted by atomic mass is 10.0. The molecular formula is C24H28ClN5O3. The normalized spacial score (nSPS) is 20.0. The van der Waals surface area contributed by atoms with Crippen molar-refractivity contribution in [2.75, 3.05) is 32.6 Å². The first-order valence-electron chi connectivity index (χ1n) is 10.9. The number of benzene rings is 2. The van der Waals surface area contributed by atoms with Crippen molar-refractivity contribution < 1.29 is 14.3 Å². The number of ether oxygens (including phenoxy) is 2. The van der Waals surface area contributed by atoms with E-state index in [0.29, 0.717) is 41.9 Å². The van der Waals surface area contributed by atoms with Crippen molar-refractivity contribution in [1.29, 1.82) is 0 Å². The van der Waals surface area contributed by atoms with E-state index in [0.717, 1.165) is 22.2 Å². The number of methoxy groups -OCH3 is 1. The lowest BCUT2D eigenvalue weighted by Crippen LogP contribution is -2.44. The Morgan fingerprint density at radius 2 is 2.00 bits per heavy atom. The summed E-state index contributed by atoms with van der Waals surface area (Å²) in [5.41, 5.74) is 2.53. The molecule has 1 aliphatic heterocycles. The molecule has 2 aromatic carbocycles. The lowest BCUT2D eigenvalue weighted by molar-refractivity contribution is -0.126. The zero-order chi connectivity index (χ0) is 23.5. The second-order valence-corrected chi connectivity index (χ2v) is 8.55. The van der Waals surface area contributed by atoms with Crippen LogP contribution in [0, 0.1) is 0 Å². The first kappa shape index (κ1) is 23.1. The van der Waals surface area contributed by atoms with Crippen molar-refractivity contribution in [2.45, 2.75) is 32.4 Å². The molecular weight excluding hydrogens is 442 g/mol. The van der Waals surface area contributed by atoms with Gasteiger partial charge in [-0.15, -0.1) is 0 Å². The third kappa shape index (κ3) is 4.82. The van der Waals surface area contributed by atoms with E-state index in [1.54, 1.807) is 7.11 Å². The number of hydrogen-bond acceptors (Lipinski definition) is 7. The van der Waals surface area contributed by atoms with Gasteiger partial charge in [0.15, 0.2) is 11.5 Å². The van der Waals surface area contributed by atoms with Crippen LogP contribution in [-0.2, 0) is 4.79 Å². The van der Waals surface area contributed by atoms with Gasteiger partial charge >= 0.3 is 0 Å². The van der Waals surface area contributed by atoms with Gasteiger partial charge < -0.3 is 20.1 Å². The molecule has 33 heavy (non-hydrogen) atoms. The van der Waals surface area contributed by atoms with Crippen LogP contribution in [0.4, 0.5) is 11.5 Å². The molecule has 1 aromatic heterocycles. The smallest absolute Gasteiger partial charge is 0.237 e. The topological polar surface area (TPSA) is 88.6 Å². The molecule has 8 nitrogen and oxygen atoms in total. The van der Waals surface area contributed by atoms with Gasteiger partial charge in [-0.25, -0.2) is 9.97 Å². The predicted molar refractivity (Wildman–Crippen MR) is 130 cm³/mol. The number of halogens is 1. The fourth-order valence-electron chi connectivity index (χ4n) is 3.92. The molecule has 2 bridgehead atoms. The van der Waals surface area contributed by atoms with Gasteiger partial charge in [-0.1, -0.05) is 17.7 Å². The minimum Gasteiger partial charge on any atom is -0.493 e. The first-order chi connectivity index (χ1) is 15.9. The Hall–Kier alpha value is -3.10. The highest BCUT2D eigenvalue weighted by molar-refractivity contribution is 6.30. The maximum atomic E-state index is 12.7. The summed E-state index contributed by atoms with van der Waals surface area (Å²) in [7, 11) is 3.54. The van der Waals surface area contributed by atoms with E-state index in [1.165, 1.54) is 6.33 Å². The third-order valence-electron chi connectivity index (χ3n) is 6.12. The minimum absolute atomic E-state index is 0.0306. The monoisotopic (exact) mass is 469 g/mol. The van der Waals surface area contributed by atoms with Crippen LogP contribution >= 0.6 is 11.6 Å². The van der Waals surface area contributed by atoms with Crippen molar-refractivity contribution >= 4 is 39.9 Å². The van der Waals surface area contributed by atoms with Gasteiger partial charge in [-0.05, 0) is 51.1 Å². The summed E-state index contributed by atoms with van der Waals surface area (Å²) >= 11 is 6.35. The van der Waals surface area contributed by atoms with Crippen molar-refractivity contribution in [3.05, 3.63) is 47.2 Å². The highest BCUT2D eigenvalue weighted by Crippen LogP contribution is 2.37. The number of hydrogen-bond donors (Lipinski definition) is 2. The molecule has 0 spiro atoms. The number of likely N-dealkylation sites (N-methyl/N-ethyl adjacent to an activating group) is 1. The molecule has 0 saturated carbocycles. The number of nitrogens with one attached hydrogen (secondary N) is 2. The van der Waals surface area contributed by atoms with Crippen LogP contribution in [-0.4, -0.2) is 54.1 Å². The molecule has 4 rings (SSSR count). The van der Waals surface area contributed by atoms with Gasteiger partial charge in [0.25, 0.3) is 0 Å². The second kappa shape index (κ2) is 9.80. The molecule has 3 aromatic rings. The number of amides is 1. The molecule has 174 valence electrons. The Morgan fingerprint density at radius 1 is 1.18 bits per heavy atom. The molecule has 1 amide bonds. The highest BCUT2D eigenvalue weighted by Gasteiger charge is 2.25. The maximum Gasteiger partial charge on any atom is 0.237 e. The largest absolute Gasteiger partial charge is 0.493 e. The maximum absolute atomic E-state index is 12.7. The van der Waals surface area contributed by atoms with E-state index in [1.807, 2.05) is 49.2 Å². The summed E-state index contributed by atoms with van der Waals surface area (Å²) in [6.45, 7) is 4.91. The van der Waals surface area contributed by atoms with E-state index in [2.05, 4.69) is 27.5 Å². The summed E-state index contributed by atoms with van der Waals surface area (Å²) in [6.07, 6.45) is 2.17. The summed E-state index contributed by atoms with van der Waals surface area (Å²) in [4.78, 5) is 23.7. The van der Waals surface area contributed by atoms with Crippen molar-refractivity contribution in [2.24, 2.45) is 0 Å². The lowest BCUT2D eigenvalue weighted by Gasteiger charge is -2.31. The number of carbonyl (C=O) groups is 1. The summed E-state index contributed by atoms with van der Waals surface area (Å²) < 4.78 is 11.5. The van der Waals surface area contributed by atoms with Crippen molar-refractivity contribution in [3.8, 4) is 11.5 Å². The highest BCUT2D eigenvalue weighted by atomic mass is 35.5. The summed E-state index contributed by atoms with van der Waals surface area (Å²) in [5, 5.41) is 7.83. The molecule has 1 unspecified atom stereocenters. The van der Waals surface area contributed by atoms with E-state index in [4.69, 9.17) is 21.1 Å². The van der Waals surface area contributed by atoms with E-state index >= 15 is 0 Å². The van der Waals surface area contributed by atoms with Crippen LogP contribution < -0.4 is 20.1 Å². The number of carbonyl (C=O) groups excluding carboxylic acids is 1. The van der Waals surface area contributed by atoms with Crippen LogP contribution in [0.25, 0.3) is 10.9 Å². The Kier molecular flexibility index (Phi) is 6.85. The Labute approximate surface area is 198 Å². The van der Waals surface area contributed by atoms with Crippen LogP contribution in [0.3, 0.4) is 0 Å². The Balaban J connectivity index is 1.85. The zero-order valence-electron chi connectivity index (χ0n) is 19.2. The van der Waals surface area contributed by atoms with Gasteiger partial charge in [-0.3, -0.25) is 9.69 Å². The molecule has 0 fully saturated rings. The average molecular weight is 470 g/mol.